The second-order valence-corrected chi connectivity index (χ2v) is 6.13. The lowest BCUT2D eigenvalue weighted by molar-refractivity contribution is -0.384. The molecule has 0 aliphatic carbocycles. The summed E-state index contributed by atoms with van der Waals surface area (Å²) in [4.78, 5) is 14.3. The molecule has 0 amide bonds. The summed E-state index contributed by atoms with van der Waals surface area (Å²) in [6, 6.07) is 4.16. The van der Waals surface area contributed by atoms with Crippen LogP contribution in [0.4, 0.5) is 5.69 Å². The molecule has 1 saturated heterocycles. The van der Waals surface area contributed by atoms with E-state index in [0.29, 0.717) is 22.8 Å². The SMILES string of the molecule is O=[N+]([O-])c1ccc2oc([S@](=O)C[C@H]3CCNC3)nc2c1. The highest BCUT2D eigenvalue weighted by Crippen LogP contribution is 2.23. The average molecular weight is 295 g/mol. The standard InChI is InChI=1S/C12H13N3O4S/c16-15(17)9-1-2-11-10(5-9)14-12(19-11)20(18)7-8-3-4-13-6-8/h1-2,5,8,13H,3-4,6-7H2/t8-,20+/m0/s1. The zero-order chi connectivity index (χ0) is 14.1. The summed E-state index contributed by atoms with van der Waals surface area (Å²) < 4.78 is 17.6. The number of nitro groups is 1. The third-order valence-electron chi connectivity index (χ3n) is 3.31. The van der Waals surface area contributed by atoms with E-state index in [-0.39, 0.29) is 10.9 Å². The lowest BCUT2D eigenvalue weighted by Crippen LogP contribution is -2.15. The van der Waals surface area contributed by atoms with Gasteiger partial charge in [0.15, 0.2) is 5.58 Å². The van der Waals surface area contributed by atoms with Gasteiger partial charge in [-0.15, -0.1) is 0 Å². The molecule has 0 spiro atoms. The van der Waals surface area contributed by atoms with Crippen molar-refractivity contribution in [2.24, 2.45) is 5.92 Å². The van der Waals surface area contributed by atoms with E-state index < -0.39 is 15.7 Å². The van der Waals surface area contributed by atoms with Crippen LogP contribution in [0.2, 0.25) is 0 Å². The van der Waals surface area contributed by atoms with Crippen LogP contribution in [0.3, 0.4) is 0 Å². The molecule has 7 nitrogen and oxygen atoms in total. The lowest BCUT2D eigenvalue weighted by Gasteiger charge is -2.04. The minimum atomic E-state index is -1.31. The molecule has 0 bridgehead atoms. The molecular weight excluding hydrogens is 282 g/mol. The first-order chi connectivity index (χ1) is 9.63. The predicted molar refractivity (Wildman–Crippen MR) is 72.9 cm³/mol. The highest BCUT2D eigenvalue weighted by molar-refractivity contribution is 7.84. The van der Waals surface area contributed by atoms with Gasteiger partial charge in [-0.25, -0.2) is 9.19 Å². The zero-order valence-electron chi connectivity index (χ0n) is 10.6. The van der Waals surface area contributed by atoms with E-state index in [1.165, 1.54) is 18.2 Å². The maximum atomic E-state index is 12.2. The predicted octanol–water partition coefficient (Wildman–Crippen LogP) is 1.45. The summed E-state index contributed by atoms with van der Waals surface area (Å²) in [7, 11) is -1.31. The third kappa shape index (κ3) is 2.56. The van der Waals surface area contributed by atoms with E-state index in [1.54, 1.807) is 0 Å². The fourth-order valence-electron chi connectivity index (χ4n) is 2.25. The number of oxazole rings is 1. The second-order valence-electron chi connectivity index (χ2n) is 4.76. The number of nitrogens with zero attached hydrogens (tertiary/aromatic N) is 2. The molecule has 1 aromatic heterocycles. The third-order valence-corrected chi connectivity index (χ3v) is 4.64. The van der Waals surface area contributed by atoms with Gasteiger partial charge in [-0.05, 0) is 31.5 Å². The van der Waals surface area contributed by atoms with Gasteiger partial charge in [-0.2, -0.15) is 0 Å². The van der Waals surface area contributed by atoms with E-state index in [9.17, 15) is 14.3 Å². The monoisotopic (exact) mass is 295 g/mol. The molecule has 3 rings (SSSR count). The first-order valence-electron chi connectivity index (χ1n) is 6.27. The molecule has 1 aromatic carbocycles. The largest absolute Gasteiger partial charge is 0.430 e. The number of fused-ring (bicyclic) bond motifs is 1. The summed E-state index contributed by atoms with van der Waals surface area (Å²) in [6.07, 6.45) is 0.997. The van der Waals surface area contributed by atoms with E-state index in [2.05, 4.69) is 10.3 Å². The smallest absolute Gasteiger partial charge is 0.287 e. The number of aromatic nitrogens is 1. The molecule has 1 aliphatic rings. The molecule has 106 valence electrons. The van der Waals surface area contributed by atoms with Crippen LogP contribution in [0, 0.1) is 16.0 Å². The summed E-state index contributed by atoms with van der Waals surface area (Å²) >= 11 is 0. The first-order valence-corrected chi connectivity index (χ1v) is 7.59. The van der Waals surface area contributed by atoms with Gasteiger partial charge in [0.1, 0.15) is 16.3 Å². The minimum absolute atomic E-state index is 0.0527. The summed E-state index contributed by atoms with van der Waals surface area (Å²) in [5.41, 5.74) is 0.735. The Kier molecular flexibility index (Phi) is 3.49. The molecule has 20 heavy (non-hydrogen) atoms. The van der Waals surface area contributed by atoms with Gasteiger partial charge in [0.25, 0.3) is 10.9 Å². The molecule has 2 aromatic rings. The van der Waals surface area contributed by atoms with Crippen LogP contribution in [0.25, 0.3) is 11.1 Å². The fraction of sp³-hybridized carbons (Fsp3) is 0.417. The fourth-order valence-corrected chi connectivity index (χ4v) is 3.49. The quantitative estimate of drug-likeness (QED) is 0.677. The molecule has 0 saturated carbocycles. The summed E-state index contributed by atoms with van der Waals surface area (Å²) in [5.74, 6) is 0.863. The highest BCUT2D eigenvalue weighted by atomic mass is 32.2. The molecule has 8 heteroatoms. The number of hydrogen-bond donors (Lipinski definition) is 1. The van der Waals surface area contributed by atoms with Crippen molar-refractivity contribution in [3.8, 4) is 0 Å². The van der Waals surface area contributed by atoms with E-state index >= 15 is 0 Å². The van der Waals surface area contributed by atoms with E-state index in [0.717, 1.165) is 19.5 Å². The van der Waals surface area contributed by atoms with E-state index in [4.69, 9.17) is 4.42 Å². The maximum Gasteiger partial charge on any atom is 0.287 e. The average Bonchev–Trinajstić information content (AvgIpc) is 3.05. The Morgan fingerprint density at radius 3 is 3.10 bits per heavy atom. The molecule has 1 aliphatic heterocycles. The summed E-state index contributed by atoms with van der Waals surface area (Å²) in [5, 5.41) is 14.1. The Bertz CT molecular complexity index is 678. The Balaban J connectivity index is 1.84. The number of non-ortho nitro benzene ring substituents is 1. The van der Waals surface area contributed by atoms with E-state index in [1.807, 2.05) is 0 Å². The number of rotatable bonds is 4. The van der Waals surface area contributed by atoms with Crippen molar-refractivity contribution in [2.75, 3.05) is 18.8 Å². The molecule has 1 N–H and O–H groups in total. The van der Waals surface area contributed by atoms with Gasteiger partial charge in [-0.1, -0.05) is 0 Å². The van der Waals surface area contributed by atoms with Crippen LogP contribution in [-0.4, -0.2) is 33.0 Å². The second kappa shape index (κ2) is 5.29. The van der Waals surface area contributed by atoms with Crippen LogP contribution in [-0.2, 0) is 10.8 Å². The van der Waals surface area contributed by atoms with Crippen molar-refractivity contribution in [2.45, 2.75) is 11.6 Å². The minimum Gasteiger partial charge on any atom is -0.430 e. The molecular formula is C12H13N3O4S. The van der Waals surface area contributed by atoms with Crippen LogP contribution in [0.5, 0.6) is 0 Å². The number of nitrogens with one attached hydrogen (secondary N) is 1. The Hall–Kier alpha value is -1.80. The molecule has 2 heterocycles. The molecule has 0 radical (unpaired) electrons. The van der Waals surface area contributed by atoms with Crippen molar-refractivity contribution in [3.63, 3.8) is 0 Å². The Morgan fingerprint density at radius 2 is 2.40 bits per heavy atom. The maximum absolute atomic E-state index is 12.2. The van der Waals surface area contributed by atoms with Crippen molar-refractivity contribution in [1.29, 1.82) is 0 Å². The van der Waals surface area contributed by atoms with Gasteiger partial charge in [0, 0.05) is 17.9 Å². The van der Waals surface area contributed by atoms with Gasteiger partial charge < -0.3 is 9.73 Å². The Morgan fingerprint density at radius 1 is 1.55 bits per heavy atom. The number of nitro benzene ring substituents is 1. The van der Waals surface area contributed by atoms with Crippen molar-refractivity contribution < 1.29 is 13.5 Å². The van der Waals surface area contributed by atoms with Gasteiger partial charge >= 0.3 is 0 Å². The topological polar surface area (TPSA) is 98.3 Å². The van der Waals surface area contributed by atoms with Gasteiger partial charge in [0.2, 0.25) is 0 Å². The number of benzene rings is 1. The first kappa shape index (κ1) is 13.2. The highest BCUT2D eigenvalue weighted by Gasteiger charge is 2.21. The van der Waals surface area contributed by atoms with Crippen LogP contribution in [0.15, 0.2) is 27.8 Å². The zero-order valence-corrected chi connectivity index (χ0v) is 11.4. The molecule has 2 atom stereocenters. The lowest BCUT2D eigenvalue weighted by atomic mass is 10.2. The van der Waals surface area contributed by atoms with Crippen LogP contribution < -0.4 is 5.32 Å². The number of hydrogen-bond acceptors (Lipinski definition) is 6. The summed E-state index contributed by atoms with van der Waals surface area (Å²) in [6.45, 7) is 1.80. The molecule has 1 fully saturated rings. The van der Waals surface area contributed by atoms with Gasteiger partial charge in [-0.3, -0.25) is 10.1 Å². The van der Waals surface area contributed by atoms with Crippen molar-refractivity contribution in [1.82, 2.24) is 10.3 Å². The van der Waals surface area contributed by atoms with Crippen LogP contribution >= 0.6 is 0 Å². The van der Waals surface area contributed by atoms with Gasteiger partial charge in [0.05, 0.1) is 4.92 Å². The van der Waals surface area contributed by atoms with Crippen LogP contribution in [0.1, 0.15) is 6.42 Å². The van der Waals surface area contributed by atoms with Crippen molar-refractivity contribution >= 4 is 27.6 Å². The normalized spacial score (nSPS) is 20.3. The Labute approximate surface area is 117 Å². The molecule has 0 unspecified atom stereocenters. The van der Waals surface area contributed by atoms with Crippen molar-refractivity contribution in [3.05, 3.63) is 28.3 Å².